The van der Waals surface area contributed by atoms with Crippen LogP contribution in [0.3, 0.4) is 0 Å². The molecule has 2 fully saturated rings. The predicted molar refractivity (Wildman–Crippen MR) is 147 cm³/mol. The average molecular weight is 570 g/mol. The summed E-state index contributed by atoms with van der Waals surface area (Å²) in [5.74, 6) is -3.90. The Morgan fingerprint density at radius 2 is 1.72 bits per heavy atom. The van der Waals surface area contributed by atoms with Gasteiger partial charge in [-0.3, -0.25) is 9.59 Å². The number of ether oxygens (including phenoxy) is 1. The Balaban J connectivity index is 1.74. The van der Waals surface area contributed by atoms with E-state index >= 15 is 0 Å². The number of rotatable bonds is 7. The van der Waals surface area contributed by atoms with Crippen LogP contribution in [0.1, 0.15) is 64.9 Å². The fraction of sp³-hybridized carbons (Fsp3) is 0.367. The Bertz CT molecular complexity index is 1370. The summed E-state index contributed by atoms with van der Waals surface area (Å²) in [6, 6.07) is 13.6. The molecule has 1 aliphatic heterocycles. The van der Waals surface area contributed by atoms with Gasteiger partial charge in [-0.05, 0) is 60.4 Å². The first-order valence-electron chi connectivity index (χ1n) is 13.0. The lowest BCUT2D eigenvalue weighted by Crippen LogP contribution is -2.46. The van der Waals surface area contributed by atoms with Crippen LogP contribution in [0, 0.1) is 17.7 Å². The molecule has 2 heterocycles. The number of halogens is 2. The van der Waals surface area contributed by atoms with E-state index in [2.05, 4.69) is 0 Å². The maximum Gasteiger partial charge on any atom is 0.327 e. The van der Waals surface area contributed by atoms with E-state index in [1.807, 2.05) is 0 Å². The van der Waals surface area contributed by atoms with Gasteiger partial charge in [-0.1, -0.05) is 55.1 Å². The van der Waals surface area contributed by atoms with Crippen molar-refractivity contribution in [3.05, 3.63) is 86.8 Å². The summed E-state index contributed by atoms with van der Waals surface area (Å²) in [5.41, 5.74) is 1.09. The molecule has 204 valence electrons. The summed E-state index contributed by atoms with van der Waals surface area (Å²) in [6.07, 6.45) is 4.14. The molecule has 0 spiro atoms. The van der Waals surface area contributed by atoms with Crippen LogP contribution in [0.5, 0.6) is 5.75 Å². The van der Waals surface area contributed by atoms with E-state index in [1.165, 1.54) is 36.3 Å². The number of carboxylic acid groups (broad SMARTS) is 1. The molecule has 1 amide bonds. The molecule has 9 heteroatoms. The Hall–Kier alpha value is -3.23. The standard InChI is InChI=1S/C30H29ClFNO5S/c1-38-21-9-5-8-19(16-21)24-25(28(34)22-14-15-23(31)39-22)26(17-10-12-20(32)13-11-17)33(27(24)30(36)37)29(35)18-6-3-2-4-7-18/h5,8-16,18,24-27H,2-4,6-7H2,1H3,(H,36,37). The van der Waals surface area contributed by atoms with E-state index < -0.39 is 35.7 Å². The van der Waals surface area contributed by atoms with Crippen molar-refractivity contribution in [2.45, 2.75) is 50.1 Å². The Morgan fingerprint density at radius 3 is 2.33 bits per heavy atom. The number of carbonyl (C=O) groups excluding carboxylic acids is 2. The lowest BCUT2D eigenvalue weighted by molar-refractivity contribution is -0.152. The number of carbonyl (C=O) groups is 3. The van der Waals surface area contributed by atoms with Gasteiger partial charge >= 0.3 is 5.97 Å². The van der Waals surface area contributed by atoms with Gasteiger partial charge < -0.3 is 14.7 Å². The van der Waals surface area contributed by atoms with Crippen molar-refractivity contribution in [3.63, 3.8) is 0 Å². The topological polar surface area (TPSA) is 83.9 Å². The molecule has 6 nitrogen and oxygen atoms in total. The minimum atomic E-state index is -1.31. The minimum absolute atomic E-state index is 0.274. The number of thiophene rings is 1. The lowest BCUT2D eigenvalue weighted by atomic mass is 9.77. The molecule has 1 aromatic heterocycles. The molecule has 0 bridgehead atoms. The maximum atomic E-state index is 14.3. The van der Waals surface area contributed by atoms with Crippen LogP contribution < -0.4 is 4.74 Å². The zero-order valence-corrected chi connectivity index (χ0v) is 23.0. The molecular weight excluding hydrogens is 541 g/mol. The Morgan fingerprint density at radius 1 is 1.00 bits per heavy atom. The van der Waals surface area contributed by atoms with Gasteiger partial charge in [0, 0.05) is 11.8 Å². The molecule has 4 atom stereocenters. The lowest BCUT2D eigenvalue weighted by Gasteiger charge is -2.34. The van der Waals surface area contributed by atoms with Gasteiger partial charge in [-0.2, -0.15) is 0 Å². The normalized spacial score (nSPS) is 23.5. The molecule has 2 aliphatic rings. The first-order valence-corrected chi connectivity index (χ1v) is 14.2. The number of ketones is 1. The second-order valence-electron chi connectivity index (χ2n) is 10.2. The summed E-state index contributed by atoms with van der Waals surface area (Å²) >= 11 is 7.30. The first kappa shape index (κ1) is 27.3. The summed E-state index contributed by atoms with van der Waals surface area (Å²) < 4.78 is 19.9. The smallest absolute Gasteiger partial charge is 0.327 e. The largest absolute Gasteiger partial charge is 0.497 e. The zero-order valence-electron chi connectivity index (χ0n) is 21.4. The van der Waals surface area contributed by atoms with Crippen molar-refractivity contribution >= 4 is 40.6 Å². The summed E-state index contributed by atoms with van der Waals surface area (Å²) in [4.78, 5) is 43.3. The Labute approximate surface area is 235 Å². The fourth-order valence-electron chi connectivity index (χ4n) is 6.20. The fourth-order valence-corrected chi connectivity index (χ4v) is 7.23. The minimum Gasteiger partial charge on any atom is -0.497 e. The average Bonchev–Trinajstić information content (AvgIpc) is 3.55. The molecule has 39 heavy (non-hydrogen) atoms. The van der Waals surface area contributed by atoms with Crippen molar-refractivity contribution in [1.29, 1.82) is 0 Å². The molecular formula is C30H29ClFNO5S. The highest BCUT2D eigenvalue weighted by Gasteiger charge is 2.58. The number of hydrogen-bond donors (Lipinski definition) is 1. The van der Waals surface area contributed by atoms with E-state index in [9.17, 15) is 23.9 Å². The van der Waals surface area contributed by atoms with E-state index in [1.54, 1.807) is 36.4 Å². The van der Waals surface area contributed by atoms with E-state index in [0.29, 0.717) is 38.9 Å². The van der Waals surface area contributed by atoms with Gasteiger partial charge in [0.05, 0.1) is 28.3 Å². The van der Waals surface area contributed by atoms with Crippen molar-refractivity contribution < 1.29 is 28.6 Å². The number of benzene rings is 2. The van der Waals surface area contributed by atoms with E-state index in [-0.39, 0.29) is 17.6 Å². The monoisotopic (exact) mass is 569 g/mol. The van der Waals surface area contributed by atoms with Gasteiger partial charge in [0.2, 0.25) is 5.91 Å². The molecule has 4 unspecified atom stereocenters. The third-order valence-corrected chi connectivity index (χ3v) is 9.18. The van der Waals surface area contributed by atoms with Crippen LogP contribution in [-0.4, -0.2) is 40.8 Å². The van der Waals surface area contributed by atoms with Gasteiger partial charge in [0.1, 0.15) is 17.6 Å². The van der Waals surface area contributed by atoms with Crippen molar-refractivity contribution in [2.75, 3.05) is 7.11 Å². The molecule has 1 N–H and O–H groups in total. The van der Waals surface area contributed by atoms with E-state index in [4.69, 9.17) is 16.3 Å². The van der Waals surface area contributed by atoms with Crippen LogP contribution in [0.25, 0.3) is 0 Å². The number of hydrogen-bond acceptors (Lipinski definition) is 5. The van der Waals surface area contributed by atoms with Crippen LogP contribution in [0.15, 0.2) is 60.7 Å². The second-order valence-corrected chi connectivity index (χ2v) is 11.9. The first-order chi connectivity index (χ1) is 18.8. The zero-order chi connectivity index (χ0) is 27.7. The number of nitrogens with zero attached hydrogens (tertiary/aromatic N) is 1. The molecule has 1 saturated carbocycles. The third-order valence-electron chi connectivity index (χ3n) is 7.94. The molecule has 3 aromatic rings. The van der Waals surface area contributed by atoms with Crippen LogP contribution in [0.4, 0.5) is 4.39 Å². The molecule has 1 aliphatic carbocycles. The Kier molecular flexibility index (Phi) is 8.05. The van der Waals surface area contributed by atoms with Crippen molar-refractivity contribution in [1.82, 2.24) is 4.90 Å². The highest BCUT2D eigenvalue weighted by Crippen LogP contribution is 2.53. The number of amides is 1. The van der Waals surface area contributed by atoms with E-state index in [0.717, 1.165) is 30.6 Å². The molecule has 0 radical (unpaired) electrons. The quantitative estimate of drug-likeness (QED) is 0.318. The van der Waals surface area contributed by atoms with Crippen LogP contribution in [-0.2, 0) is 9.59 Å². The number of carboxylic acids is 1. The number of aliphatic carboxylic acids is 1. The number of likely N-dealkylation sites (tertiary alicyclic amines) is 1. The second kappa shape index (κ2) is 11.5. The van der Waals surface area contributed by atoms with Gasteiger partial charge in [0.15, 0.2) is 5.78 Å². The molecule has 5 rings (SSSR count). The van der Waals surface area contributed by atoms with Gasteiger partial charge in [-0.15, -0.1) is 11.3 Å². The SMILES string of the molecule is COc1cccc(C2C(C(=O)c3ccc(Cl)s3)C(c3ccc(F)cc3)N(C(=O)C3CCCCC3)C2C(=O)O)c1. The van der Waals surface area contributed by atoms with Gasteiger partial charge in [0.25, 0.3) is 0 Å². The summed E-state index contributed by atoms with van der Waals surface area (Å²) in [5, 5.41) is 10.7. The van der Waals surface area contributed by atoms with Crippen LogP contribution >= 0.6 is 22.9 Å². The maximum absolute atomic E-state index is 14.3. The summed E-state index contributed by atoms with van der Waals surface area (Å²) in [7, 11) is 1.51. The molecule has 2 aromatic carbocycles. The predicted octanol–water partition coefficient (Wildman–Crippen LogP) is 6.75. The van der Waals surface area contributed by atoms with Crippen LogP contribution in [0.2, 0.25) is 4.34 Å². The number of methoxy groups -OCH3 is 1. The van der Waals surface area contributed by atoms with Gasteiger partial charge in [-0.25, -0.2) is 9.18 Å². The van der Waals surface area contributed by atoms with Crippen molar-refractivity contribution in [2.24, 2.45) is 11.8 Å². The summed E-state index contributed by atoms with van der Waals surface area (Å²) in [6.45, 7) is 0. The highest BCUT2D eigenvalue weighted by molar-refractivity contribution is 7.18. The number of Topliss-reactive ketones (excluding diaryl/α,β-unsaturated/α-hetero) is 1. The molecule has 1 saturated heterocycles. The highest BCUT2D eigenvalue weighted by atomic mass is 35.5. The third kappa shape index (κ3) is 5.32. The van der Waals surface area contributed by atoms with Crippen molar-refractivity contribution in [3.8, 4) is 5.75 Å².